The normalized spacial score (nSPS) is 11.4. The number of rotatable bonds is 5. The molecule has 1 N–H and O–H groups in total. The lowest BCUT2D eigenvalue weighted by Gasteiger charge is -2.26. The van der Waals surface area contributed by atoms with Crippen LogP contribution in [0.2, 0.25) is 0 Å². The maximum Gasteiger partial charge on any atom is 0.309 e. The molecule has 0 unspecified atom stereocenters. The van der Waals surface area contributed by atoms with Crippen LogP contribution in [0.25, 0.3) is 0 Å². The van der Waals surface area contributed by atoms with Crippen molar-refractivity contribution in [1.82, 2.24) is 0 Å². The minimum Gasteiger partial charge on any atom is -0.481 e. The van der Waals surface area contributed by atoms with Gasteiger partial charge in [-0.2, -0.15) is 0 Å². The van der Waals surface area contributed by atoms with Gasteiger partial charge in [-0.1, -0.05) is 43.7 Å². The van der Waals surface area contributed by atoms with Crippen molar-refractivity contribution in [3.8, 4) is 0 Å². The van der Waals surface area contributed by atoms with Crippen molar-refractivity contribution in [2.75, 3.05) is 0 Å². The summed E-state index contributed by atoms with van der Waals surface area (Å²) in [6.45, 7) is 5.94. The summed E-state index contributed by atoms with van der Waals surface area (Å²) < 4.78 is 0. The first kappa shape index (κ1) is 12.8. The van der Waals surface area contributed by atoms with Gasteiger partial charge in [-0.05, 0) is 31.7 Å². The van der Waals surface area contributed by atoms with Crippen LogP contribution < -0.4 is 0 Å². The quantitative estimate of drug-likeness (QED) is 0.825. The molecule has 1 aromatic rings. The molecule has 88 valence electrons. The summed E-state index contributed by atoms with van der Waals surface area (Å²) >= 11 is 0. The second kappa shape index (κ2) is 5.15. The van der Waals surface area contributed by atoms with E-state index in [-0.39, 0.29) is 0 Å². The van der Waals surface area contributed by atoms with E-state index < -0.39 is 11.4 Å². The van der Waals surface area contributed by atoms with E-state index in [9.17, 15) is 9.90 Å². The summed E-state index contributed by atoms with van der Waals surface area (Å²) in [5.74, 6) is -0.682. The van der Waals surface area contributed by atoms with Crippen molar-refractivity contribution >= 4 is 5.97 Å². The number of carboxylic acid groups (broad SMARTS) is 1. The SMILES string of the molecule is CCC(CC)(Cc1ccc(C)cc1)C(=O)O. The molecular formula is C14H20O2. The Morgan fingerprint density at radius 3 is 2.06 bits per heavy atom. The lowest BCUT2D eigenvalue weighted by Crippen LogP contribution is -2.32. The number of hydrogen-bond acceptors (Lipinski definition) is 1. The van der Waals surface area contributed by atoms with Gasteiger partial charge in [-0.3, -0.25) is 4.79 Å². The molecular weight excluding hydrogens is 200 g/mol. The van der Waals surface area contributed by atoms with Gasteiger partial charge in [0, 0.05) is 0 Å². The first-order chi connectivity index (χ1) is 7.54. The highest BCUT2D eigenvalue weighted by molar-refractivity contribution is 5.75. The molecule has 0 aromatic heterocycles. The van der Waals surface area contributed by atoms with Crippen LogP contribution in [0.3, 0.4) is 0 Å². The Hall–Kier alpha value is -1.31. The molecule has 0 aliphatic heterocycles. The van der Waals surface area contributed by atoms with Crippen LogP contribution in [0.15, 0.2) is 24.3 Å². The molecule has 0 fully saturated rings. The highest BCUT2D eigenvalue weighted by Crippen LogP contribution is 2.31. The largest absolute Gasteiger partial charge is 0.481 e. The van der Waals surface area contributed by atoms with Crippen LogP contribution in [-0.2, 0) is 11.2 Å². The van der Waals surface area contributed by atoms with Crippen LogP contribution in [0.5, 0.6) is 0 Å². The first-order valence-electron chi connectivity index (χ1n) is 5.83. The van der Waals surface area contributed by atoms with E-state index in [1.165, 1.54) is 5.56 Å². The molecule has 2 nitrogen and oxygen atoms in total. The topological polar surface area (TPSA) is 37.3 Å². The monoisotopic (exact) mass is 220 g/mol. The lowest BCUT2D eigenvalue weighted by molar-refractivity contribution is -0.149. The van der Waals surface area contributed by atoms with E-state index in [2.05, 4.69) is 0 Å². The number of carbonyl (C=O) groups is 1. The van der Waals surface area contributed by atoms with E-state index in [1.54, 1.807) is 0 Å². The molecule has 0 spiro atoms. The van der Waals surface area contributed by atoms with Gasteiger partial charge in [0.2, 0.25) is 0 Å². The average molecular weight is 220 g/mol. The van der Waals surface area contributed by atoms with Gasteiger partial charge in [0.15, 0.2) is 0 Å². The highest BCUT2D eigenvalue weighted by atomic mass is 16.4. The Morgan fingerprint density at radius 2 is 1.69 bits per heavy atom. The van der Waals surface area contributed by atoms with Crippen LogP contribution >= 0.6 is 0 Å². The Morgan fingerprint density at radius 1 is 1.19 bits per heavy atom. The van der Waals surface area contributed by atoms with E-state index in [0.717, 1.165) is 5.56 Å². The Kier molecular flexibility index (Phi) is 4.11. The van der Waals surface area contributed by atoms with Crippen molar-refractivity contribution in [2.45, 2.75) is 40.0 Å². The predicted molar refractivity (Wildman–Crippen MR) is 65.5 cm³/mol. The Bertz CT molecular complexity index is 348. The average Bonchev–Trinajstić information content (AvgIpc) is 2.28. The van der Waals surface area contributed by atoms with E-state index in [0.29, 0.717) is 19.3 Å². The van der Waals surface area contributed by atoms with Gasteiger partial charge in [-0.25, -0.2) is 0 Å². The smallest absolute Gasteiger partial charge is 0.309 e. The van der Waals surface area contributed by atoms with Gasteiger partial charge >= 0.3 is 5.97 Å². The molecule has 1 rings (SSSR count). The fourth-order valence-corrected chi connectivity index (χ4v) is 1.97. The standard InChI is InChI=1S/C14H20O2/c1-4-14(5-2,13(15)16)10-12-8-6-11(3)7-9-12/h6-9H,4-5,10H2,1-3H3,(H,15,16). The van der Waals surface area contributed by atoms with Gasteiger partial charge in [0.05, 0.1) is 5.41 Å². The van der Waals surface area contributed by atoms with Gasteiger partial charge in [0.25, 0.3) is 0 Å². The summed E-state index contributed by atoms with van der Waals surface area (Å²) in [5.41, 5.74) is 1.71. The summed E-state index contributed by atoms with van der Waals surface area (Å²) in [6.07, 6.45) is 1.97. The zero-order valence-corrected chi connectivity index (χ0v) is 10.3. The van der Waals surface area contributed by atoms with Crippen LogP contribution in [0, 0.1) is 12.3 Å². The number of carboxylic acids is 1. The zero-order valence-electron chi connectivity index (χ0n) is 10.3. The predicted octanol–water partition coefficient (Wildman–Crippen LogP) is 3.43. The van der Waals surface area contributed by atoms with Crippen molar-refractivity contribution in [3.63, 3.8) is 0 Å². The number of benzene rings is 1. The van der Waals surface area contributed by atoms with Crippen molar-refractivity contribution in [1.29, 1.82) is 0 Å². The van der Waals surface area contributed by atoms with Crippen molar-refractivity contribution < 1.29 is 9.90 Å². The second-order valence-corrected chi connectivity index (χ2v) is 4.45. The van der Waals surface area contributed by atoms with Crippen molar-refractivity contribution in [2.24, 2.45) is 5.41 Å². The molecule has 1 aromatic carbocycles. The van der Waals surface area contributed by atoms with Gasteiger partial charge < -0.3 is 5.11 Å². The first-order valence-corrected chi connectivity index (χ1v) is 5.83. The summed E-state index contributed by atoms with van der Waals surface area (Å²) in [6, 6.07) is 8.12. The van der Waals surface area contributed by atoms with E-state index >= 15 is 0 Å². The third-order valence-corrected chi connectivity index (χ3v) is 3.47. The number of aliphatic carboxylic acids is 1. The van der Waals surface area contributed by atoms with Crippen LogP contribution in [0.4, 0.5) is 0 Å². The third kappa shape index (κ3) is 2.63. The molecule has 0 bridgehead atoms. The number of hydrogen-bond donors (Lipinski definition) is 1. The van der Waals surface area contributed by atoms with Crippen LogP contribution in [0.1, 0.15) is 37.8 Å². The molecule has 0 saturated heterocycles. The molecule has 0 radical (unpaired) electrons. The van der Waals surface area contributed by atoms with Crippen molar-refractivity contribution in [3.05, 3.63) is 35.4 Å². The molecule has 0 amide bonds. The summed E-state index contributed by atoms with van der Waals surface area (Å²) in [4.78, 5) is 11.4. The van der Waals surface area contributed by atoms with Gasteiger partial charge in [-0.15, -0.1) is 0 Å². The maximum atomic E-state index is 11.4. The molecule has 0 saturated carbocycles. The molecule has 0 aliphatic rings. The minimum atomic E-state index is -0.682. The molecule has 16 heavy (non-hydrogen) atoms. The molecule has 0 atom stereocenters. The maximum absolute atomic E-state index is 11.4. The highest BCUT2D eigenvalue weighted by Gasteiger charge is 2.34. The minimum absolute atomic E-state index is 0.602. The summed E-state index contributed by atoms with van der Waals surface area (Å²) in [5, 5.41) is 9.34. The number of aryl methyl sites for hydroxylation is 1. The summed E-state index contributed by atoms with van der Waals surface area (Å²) in [7, 11) is 0. The van der Waals surface area contributed by atoms with Gasteiger partial charge in [0.1, 0.15) is 0 Å². The van der Waals surface area contributed by atoms with E-state index in [1.807, 2.05) is 45.0 Å². The molecule has 0 heterocycles. The zero-order chi connectivity index (χ0) is 12.2. The fraction of sp³-hybridized carbons (Fsp3) is 0.500. The lowest BCUT2D eigenvalue weighted by atomic mass is 9.77. The second-order valence-electron chi connectivity index (χ2n) is 4.45. The molecule has 0 aliphatic carbocycles. The Labute approximate surface area is 97.3 Å². The van der Waals surface area contributed by atoms with Crippen LogP contribution in [-0.4, -0.2) is 11.1 Å². The molecule has 2 heteroatoms. The third-order valence-electron chi connectivity index (χ3n) is 3.47. The fourth-order valence-electron chi connectivity index (χ4n) is 1.97. The Balaban J connectivity index is 2.91. The van der Waals surface area contributed by atoms with E-state index in [4.69, 9.17) is 0 Å².